The van der Waals surface area contributed by atoms with Crippen molar-refractivity contribution in [3.8, 4) is 11.1 Å². The lowest BCUT2D eigenvalue weighted by molar-refractivity contribution is -0.139. The van der Waals surface area contributed by atoms with Crippen LogP contribution in [0.25, 0.3) is 11.1 Å². The second kappa shape index (κ2) is 8.41. The van der Waals surface area contributed by atoms with Gasteiger partial charge in [0, 0.05) is 18.4 Å². The number of hydrogen-bond donors (Lipinski definition) is 0. The minimum atomic E-state index is -0.544. The second-order valence-electron chi connectivity index (χ2n) is 9.28. The molecule has 1 unspecified atom stereocenters. The first kappa shape index (κ1) is 22.1. The third-order valence-corrected chi connectivity index (χ3v) is 6.60. The Labute approximate surface area is 184 Å². The van der Waals surface area contributed by atoms with Crippen LogP contribution in [0, 0.1) is 0 Å². The first-order valence-corrected chi connectivity index (χ1v) is 10.9. The van der Waals surface area contributed by atoms with Crippen LogP contribution in [-0.2, 0) is 30.0 Å². The maximum Gasteiger partial charge on any atom is 0.495 e. The number of ether oxygens (including phenoxy) is 2. The van der Waals surface area contributed by atoms with Crippen molar-refractivity contribution in [3.05, 3.63) is 36.2 Å². The number of rotatable bonds is 5. The molecule has 0 amide bonds. The van der Waals surface area contributed by atoms with E-state index in [1.165, 1.54) is 7.11 Å². The minimum Gasteiger partial charge on any atom is -0.469 e. The van der Waals surface area contributed by atoms with Crippen molar-refractivity contribution in [1.82, 2.24) is 9.78 Å². The summed E-state index contributed by atoms with van der Waals surface area (Å²) in [4.78, 5) is 12.1. The molecule has 0 N–H and O–H groups in total. The van der Waals surface area contributed by atoms with Crippen LogP contribution in [0.1, 0.15) is 58.7 Å². The summed E-state index contributed by atoms with van der Waals surface area (Å²) in [5, 5.41) is 4.51. The number of aromatic nitrogens is 2. The highest BCUT2D eigenvalue weighted by Crippen LogP contribution is 2.37. The molecule has 31 heavy (non-hydrogen) atoms. The number of nitrogens with zero attached hydrogens (tertiary/aromatic N) is 2. The molecule has 2 aliphatic heterocycles. The van der Waals surface area contributed by atoms with E-state index in [2.05, 4.69) is 5.10 Å². The highest BCUT2D eigenvalue weighted by Gasteiger charge is 2.52. The van der Waals surface area contributed by atoms with Gasteiger partial charge in [-0.3, -0.25) is 4.79 Å². The fraction of sp³-hybridized carbons (Fsp3) is 0.565. The van der Waals surface area contributed by atoms with Gasteiger partial charge in [-0.05, 0) is 63.5 Å². The van der Waals surface area contributed by atoms with E-state index in [1.807, 2.05) is 63.0 Å². The summed E-state index contributed by atoms with van der Waals surface area (Å²) in [5.41, 5.74) is 2.70. The van der Waals surface area contributed by atoms with Crippen molar-refractivity contribution >= 4 is 18.6 Å². The Morgan fingerprint density at radius 2 is 1.94 bits per heavy atom. The van der Waals surface area contributed by atoms with E-state index in [4.69, 9.17) is 18.8 Å². The van der Waals surface area contributed by atoms with E-state index in [9.17, 15) is 4.79 Å². The van der Waals surface area contributed by atoms with Crippen molar-refractivity contribution in [2.24, 2.45) is 0 Å². The Kier molecular flexibility index (Phi) is 5.98. The summed E-state index contributed by atoms with van der Waals surface area (Å²) < 4.78 is 25.1. The molecule has 2 saturated heterocycles. The van der Waals surface area contributed by atoms with Crippen molar-refractivity contribution in [2.45, 2.75) is 70.8 Å². The van der Waals surface area contributed by atoms with Crippen LogP contribution < -0.4 is 5.46 Å². The van der Waals surface area contributed by atoms with Crippen LogP contribution in [0.3, 0.4) is 0 Å². The minimum absolute atomic E-state index is 0.0129. The molecule has 0 radical (unpaired) electrons. The molecule has 3 heterocycles. The molecule has 166 valence electrons. The highest BCUT2D eigenvalue weighted by atomic mass is 16.7. The topological polar surface area (TPSA) is 71.8 Å². The van der Waals surface area contributed by atoms with Gasteiger partial charge in [0.1, 0.15) is 6.23 Å². The van der Waals surface area contributed by atoms with Crippen LogP contribution in [0.4, 0.5) is 0 Å². The summed E-state index contributed by atoms with van der Waals surface area (Å²) in [5.74, 6) is -0.304. The third-order valence-electron chi connectivity index (χ3n) is 6.60. The molecular formula is C23H31BN2O5. The Morgan fingerprint density at radius 3 is 2.58 bits per heavy atom. The Bertz CT molecular complexity index is 933. The number of carbonyl (C=O) groups excluding carboxylic acids is 1. The summed E-state index contributed by atoms with van der Waals surface area (Å²) in [7, 11) is 0.853. The van der Waals surface area contributed by atoms with Gasteiger partial charge in [0.15, 0.2) is 0 Å². The van der Waals surface area contributed by atoms with Crippen LogP contribution in [-0.4, -0.2) is 47.8 Å². The van der Waals surface area contributed by atoms with Gasteiger partial charge in [0.25, 0.3) is 0 Å². The van der Waals surface area contributed by atoms with Gasteiger partial charge >= 0.3 is 13.1 Å². The molecule has 4 rings (SSSR count). The number of hydrogen-bond acceptors (Lipinski definition) is 6. The van der Waals surface area contributed by atoms with Gasteiger partial charge < -0.3 is 18.8 Å². The monoisotopic (exact) mass is 426 g/mol. The van der Waals surface area contributed by atoms with Crippen LogP contribution in [0.2, 0.25) is 0 Å². The number of benzene rings is 1. The van der Waals surface area contributed by atoms with E-state index in [0.29, 0.717) is 0 Å². The normalized spacial score (nSPS) is 22.5. The molecule has 1 aromatic heterocycles. The summed E-state index contributed by atoms with van der Waals surface area (Å²) in [6.07, 6.45) is 7.18. The molecule has 7 nitrogen and oxygen atoms in total. The molecule has 2 aromatic rings. The van der Waals surface area contributed by atoms with Crippen LogP contribution >= 0.6 is 0 Å². The van der Waals surface area contributed by atoms with Gasteiger partial charge in [0.05, 0.1) is 30.9 Å². The lowest BCUT2D eigenvalue weighted by Crippen LogP contribution is -2.41. The second-order valence-corrected chi connectivity index (χ2v) is 9.28. The average molecular weight is 426 g/mol. The lowest BCUT2D eigenvalue weighted by atomic mass is 9.74. The van der Waals surface area contributed by atoms with E-state index in [-0.39, 0.29) is 18.6 Å². The maximum atomic E-state index is 12.1. The summed E-state index contributed by atoms with van der Waals surface area (Å²) in [6.45, 7) is 8.84. The Morgan fingerprint density at radius 1 is 1.19 bits per heavy atom. The highest BCUT2D eigenvalue weighted by molar-refractivity contribution is 6.62. The predicted molar refractivity (Wildman–Crippen MR) is 118 cm³/mol. The predicted octanol–water partition coefficient (Wildman–Crippen LogP) is 3.26. The van der Waals surface area contributed by atoms with E-state index >= 15 is 0 Å². The first-order valence-electron chi connectivity index (χ1n) is 10.9. The molecule has 8 heteroatoms. The maximum absolute atomic E-state index is 12.1. The summed E-state index contributed by atoms with van der Waals surface area (Å²) in [6, 6.07) is 5.99. The zero-order chi connectivity index (χ0) is 22.2. The third kappa shape index (κ3) is 4.42. The zero-order valence-electron chi connectivity index (χ0n) is 19.0. The summed E-state index contributed by atoms with van der Waals surface area (Å²) >= 11 is 0. The van der Waals surface area contributed by atoms with Crippen molar-refractivity contribution in [2.75, 3.05) is 13.7 Å². The fourth-order valence-electron chi connectivity index (χ4n) is 3.94. The Hall–Kier alpha value is -2.16. The largest absolute Gasteiger partial charge is 0.495 e. The van der Waals surface area contributed by atoms with Crippen molar-refractivity contribution in [3.63, 3.8) is 0 Å². The number of methoxy groups -OCH3 is 1. The van der Waals surface area contributed by atoms with Crippen LogP contribution in [0.15, 0.2) is 30.6 Å². The van der Waals surface area contributed by atoms with Gasteiger partial charge in [0.2, 0.25) is 0 Å². The van der Waals surface area contributed by atoms with E-state index in [1.54, 1.807) is 0 Å². The van der Waals surface area contributed by atoms with Crippen LogP contribution in [0.5, 0.6) is 0 Å². The molecule has 0 saturated carbocycles. The van der Waals surface area contributed by atoms with Gasteiger partial charge in [-0.15, -0.1) is 0 Å². The molecule has 0 spiro atoms. The lowest BCUT2D eigenvalue weighted by Gasteiger charge is -2.32. The van der Waals surface area contributed by atoms with E-state index < -0.39 is 18.3 Å². The average Bonchev–Trinajstić information content (AvgIpc) is 3.31. The van der Waals surface area contributed by atoms with E-state index in [0.717, 1.165) is 48.0 Å². The SMILES string of the molecule is COC(=O)Cc1cc(-c2cnn(C3CCCCO3)c2)ccc1B1OC(C)(C)C(C)(C)O1. The Balaban J connectivity index is 1.64. The van der Waals surface area contributed by atoms with Crippen molar-refractivity contribution in [1.29, 1.82) is 0 Å². The van der Waals surface area contributed by atoms with Gasteiger partial charge in [-0.1, -0.05) is 18.2 Å². The molecule has 0 bridgehead atoms. The molecule has 2 aliphatic rings. The quantitative estimate of drug-likeness (QED) is 0.540. The molecule has 1 aromatic carbocycles. The first-order chi connectivity index (χ1) is 14.7. The molecule has 1 atom stereocenters. The molecular weight excluding hydrogens is 395 g/mol. The molecule has 0 aliphatic carbocycles. The van der Waals surface area contributed by atoms with Gasteiger partial charge in [-0.2, -0.15) is 5.10 Å². The molecule has 2 fully saturated rings. The smallest absolute Gasteiger partial charge is 0.469 e. The number of carbonyl (C=O) groups is 1. The van der Waals surface area contributed by atoms with Crippen molar-refractivity contribution < 1.29 is 23.6 Å². The zero-order valence-corrected chi connectivity index (χ0v) is 19.0. The van der Waals surface area contributed by atoms with Gasteiger partial charge in [-0.25, -0.2) is 4.68 Å². The number of esters is 1. The fourth-order valence-corrected chi connectivity index (χ4v) is 3.94. The standard InChI is InChI=1S/C23H31BN2O5/c1-22(2)23(3,4)31-24(30-22)19-10-9-16(12-17(19)13-21(27)28-5)18-14-25-26(15-18)20-8-6-7-11-29-20/h9-10,12,14-15,20H,6-8,11,13H2,1-5H3.